The number of nitrogens with zero attached hydrogens (tertiary/aromatic N) is 4. The van der Waals surface area contributed by atoms with E-state index in [2.05, 4.69) is 15.3 Å². The molecule has 0 spiro atoms. The quantitative estimate of drug-likeness (QED) is 0.655. The van der Waals surface area contributed by atoms with E-state index in [1.165, 1.54) is 10.7 Å². The summed E-state index contributed by atoms with van der Waals surface area (Å²) in [5, 5.41) is 8.02. The summed E-state index contributed by atoms with van der Waals surface area (Å²) < 4.78 is 1.53. The van der Waals surface area contributed by atoms with Crippen molar-refractivity contribution in [1.82, 2.24) is 19.8 Å². The summed E-state index contributed by atoms with van der Waals surface area (Å²) in [5.41, 5.74) is 1.93. The molecule has 0 fully saturated rings. The molecule has 2 heterocycles. The molecule has 0 N–H and O–H groups in total. The van der Waals surface area contributed by atoms with E-state index < -0.39 is 0 Å². The molecule has 0 amide bonds. The monoisotopic (exact) mass is 204 g/mol. The smallest absolute Gasteiger partial charge is 0.179 e. The summed E-state index contributed by atoms with van der Waals surface area (Å²) in [5.74, 6) is 0. The minimum atomic E-state index is -0.0998. The topological polar surface area (TPSA) is 60.2 Å². The van der Waals surface area contributed by atoms with Gasteiger partial charge in [0.2, 0.25) is 0 Å². The first-order valence-electron chi connectivity index (χ1n) is 4.69. The van der Waals surface area contributed by atoms with E-state index in [-0.39, 0.29) is 5.41 Å². The molecule has 0 bridgehead atoms. The van der Waals surface area contributed by atoms with Crippen LogP contribution in [0.3, 0.4) is 0 Å². The van der Waals surface area contributed by atoms with E-state index in [1.807, 2.05) is 20.8 Å². The van der Waals surface area contributed by atoms with Crippen LogP contribution in [0.25, 0.3) is 5.65 Å². The number of hydrogen-bond acceptors (Lipinski definition) is 4. The number of rotatable bonds is 1. The van der Waals surface area contributed by atoms with E-state index in [1.54, 1.807) is 6.20 Å². The highest BCUT2D eigenvalue weighted by Gasteiger charge is 2.21. The average Bonchev–Trinajstić information content (AvgIpc) is 2.59. The molecular weight excluding hydrogens is 192 g/mol. The maximum atomic E-state index is 10.6. The van der Waals surface area contributed by atoms with Crippen LogP contribution in [0.4, 0.5) is 0 Å². The van der Waals surface area contributed by atoms with Crippen LogP contribution in [0.15, 0.2) is 12.4 Å². The summed E-state index contributed by atoms with van der Waals surface area (Å²) in [4.78, 5) is 14.7. The van der Waals surface area contributed by atoms with Gasteiger partial charge in [-0.25, -0.2) is 9.50 Å². The summed E-state index contributed by atoms with van der Waals surface area (Å²) >= 11 is 0. The highest BCUT2D eigenvalue weighted by molar-refractivity contribution is 5.74. The summed E-state index contributed by atoms with van der Waals surface area (Å²) in [6, 6.07) is 0. The van der Waals surface area contributed by atoms with Crippen LogP contribution in [0.5, 0.6) is 0 Å². The highest BCUT2D eigenvalue weighted by Crippen LogP contribution is 2.22. The molecule has 78 valence electrons. The van der Waals surface area contributed by atoms with Crippen molar-refractivity contribution in [3.63, 3.8) is 0 Å². The second-order valence-corrected chi connectivity index (χ2v) is 4.46. The minimum absolute atomic E-state index is 0.0998. The van der Waals surface area contributed by atoms with E-state index in [9.17, 15) is 4.79 Å². The molecule has 0 radical (unpaired) electrons. The van der Waals surface area contributed by atoms with Crippen molar-refractivity contribution < 1.29 is 4.79 Å². The standard InChI is InChI=1S/C10H12N4O/c1-10(2,3)8-9-11-4-7(6-15)5-14(9)13-12-8/h4-6H,1-3H3. The highest BCUT2D eigenvalue weighted by atomic mass is 16.1. The Labute approximate surface area is 87.1 Å². The van der Waals surface area contributed by atoms with Crippen molar-refractivity contribution in [2.75, 3.05) is 0 Å². The second kappa shape index (κ2) is 3.12. The van der Waals surface area contributed by atoms with Gasteiger partial charge >= 0.3 is 0 Å². The number of hydrogen-bond donors (Lipinski definition) is 0. The van der Waals surface area contributed by atoms with Crippen LogP contribution < -0.4 is 0 Å². The number of carbonyl (C=O) groups excluding carboxylic acids is 1. The Kier molecular flexibility index (Phi) is 2.03. The van der Waals surface area contributed by atoms with E-state index >= 15 is 0 Å². The number of aromatic nitrogens is 4. The van der Waals surface area contributed by atoms with Gasteiger partial charge in [-0.15, -0.1) is 5.10 Å². The van der Waals surface area contributed by atoms with Crippen LogP contribution in [-0.2, 0) is 5.41 Å². The molecule has 2 aromatic rings. The van der Waals surface area contributed by atoms with E-state index in [0.29, 0.717) is 11.2 Å². The average molecular weight is 204 g/mol. The summed E-state index contributed by atoms with van der Waals surface area (Å²) in [6.07, 6.45) is 3.89. The van der Waals surface area contributed by atoms with Gasteiger partial charge in [-0.3, -0.25) is 4.79 Å². The molecule has 0 aliphatic heterocycles. The summed E-state index contributed by atoms with van der Waals surface area (Å²) in [6.45, 7) is 6.14. The molecule has 2 aromatic heterocycles. The van der Waals surface area contributed by atoms with Crippen molar-refractivity contribution in [3.8, 4) is 0 Å². The number of carbonyl (C=O) groups is 1. The fourth-order valence-electron chi connectivity index (χ4n) is 1.35. The number of aldehydes is 1. The van der Waals surface area contributed by atoms with Crippen LogP contribution in [0.2, 0.25) is 0 Å². The van der Waals surface area contributed by atoms with Crippen molar-refractivity contribution >= 4 is 11.9 Å². The van der Waals surface area contributed by atoms with Gasteiger partial charge in [0.1, 0.15) is 5.69 Å². The maximum Gasteiger partial charge on any atom is 0.179 e. The Morgan fingerprint density at radius 3 is 2.73 bits per heavy atom. The molecule has 0 atom stereocenters. The lowest BCUT2D eigenvalue weighted by atomic mass is 9.92. The molecule has 0 aromatic carbocycles. The second-order valence-electron chi connectivity index (χ2n) is 4.46. The zero-order valence-electron chi connectivity index (χ0n) is 8.93. The first-order valence-corrected chi connectivity index (χ1v) is 4.69. The minimum Gasteiger partial charge on any atom is -0.298 e. The Hall–Kier alpha value is -1.78. The lowest BCUT2D eigenvalue weighted by Gasteiger charge is -2.13. The van der Waals surface area contributed by atoms with E-state index in [0.717, 1.165) is 12.0 Å². The molecule has 2 rings (SSSR count). The Morgan fingerprint density at radius 2 is 2.13 bits per heavy atom. The van der Waals surface area contributed by atoms with Crippen molar-refractivity contribution in [2.45, 2.75) is 26.2 Å². The van der Waals surface area contributed by atoms with Crippen LogP contribution >= 0.6 is 0 Å². The Morgan fingerprint density at radius 1 is 1.40 bits per heavy atom. The maximum absolute atomic E-state index is 10.6. The van der Waals surface area contributed by atoms with Gasteiger partial charge in [0.15, 0.2) is 11.9 Å². The van der Waals surface area contributed by atoms with Gasteiger partial charge in [0.25, 0.3) is 0 Å². The molecule has 5 heteroatoms. The van der Waals surface area contributed by atoms with Crippen LogP contribution in [0.1, 0.15) is 36.8 Å². The van der Waals surface area contributed by atoms with Gasteiger partial charge in [0, 0.05) is 17.8 Å². The van der Waals surface area contributed by atoms with Crippen LogP contribution in [-0.4, -0.2) is 26.1 Å². The molecular formula is C10H12N4O. The zero-order valence-corrected chi connectivity index (χ0v) is 8.93. The number of fused-ring (bicyclic) bond motifs is 1. The molecule has 15 heavy (non-hydrogen) atoms. The van der Waals surface area contributed by atoms with E-state index in [4.69, 9.17) is 0 Å². The van der Waals surface area contributed by atoms with Gasteiger partial charge in [-0.2, -0.15) is 0 Å². The molecule has 0 saturated carbocycles. The third-order valence-corrected chi connectivity index (χ3v) is 2.12. The van der Waals surface area contributed by atoms with Crippen molar-refractivity contribution in [3.05, 3.63) is 23.7 Å². The van der Waals surface area contributed by atoms with Gasteiger partial charge in [-0.05, 0) is 0 Å². The van der Waals surface area contributed by atoms with Crippen LogP contribution in [0, 0.1) is 0 Å². The normalized spacial score (nSPS) is 11.9. The van der Waals surface area contributed by atoms with Crippen molar-refractivity contribution in [2.24, 2.45) is 0 Å². The largest absolute Gasteiger partial charge is 0.298 e. The predicted molar refractivity (Wildman–Crippen MR) is 54.9 cm³/mol. The molecule has 0 aliphatic rings. The fraction of sp³-hybridized carbons (Fsp3) is 0.400. The van der Waals surface area contributed by atoms with Gasteiger partial charge in [0.05, 0.1) is 5.56 Å². The third kappa shape index (κ3) is 1.60. The predicted octanol–water partition coefficient (Wildman–Crippen LogP) is 1.23. The Bertz CT molecular complexity index is 510. The molecule has 0 saturated heterocycles. The fourth-order valence-corrected chi connectivity index (χ4v) is 1.35. The molecule has 5 nitrogen and oxygen atoms in total. The van der Waals surface area contributed by atoms with Gasteiger partial charge in [-0.1, -0.05) is 26.0 Å². The lowest BCUT2D eigenvalue weighted by molar-refractivity contribution is 0.112. The Balaban J connectivity index is 2.67. The van der Waals surface area contributed by atoms with Crippen molar-refractivity contribution in [1.29, 1.82) is 0 Å². The van der Waals surface area contributed by atoms with Gasteiger partial charge < -0.3 is 0 Å². The molecule has 0 unspecified atom stereocenters. The first-order chi connectivity index (χ1) is 7.02. The first kappa shape index (κ1) is 9.76. The SMILES string of the molecule is CC(C)(C)c1nnn2cc(C=O)cnc12. The third-order valence-electron chi connectivity index (χ3n) is 2.12. The molecule has 0 aliphatic carbocycles. The zero-order chi connectivity index (χ0) is 11.1. The lowest BCUT2D eigenvalue weighted by Crippen LogP contribution is -2.12. The summed E-state index contributed by atoms with van der Waals surface area (Å²) in [7, 11) is 0.